The molecule has 1 amide bonds. The summed E-state index contributed by atoms with van der Waals surface area (Å²) in [5, 5.41) is 11.3. The molecule has 1 saturated carbocycles. The Labute approximate surface area is 181 Å². The minimum absolute atomic E-state index is 0.0524. The molecule has 1 saturated heterocycles. The smallest absolute Gasteiger partial charge is 0.247 e. The van der Waals surface area contributed by atoms with Crippen LogP contribution in [0.5, 0.6) is 11.5 Å². The molecule has 2 heterocycles. The highest BCUT2D eigenvalue weighted by Crippen LogP contribution is 2.49. The van der Waals surface area contributed by atoms with E-state index in [1.54, 1.807) is 24.3 Å². The average Bonchev–Trinajstić information content (AvgIpc) is 3.25. The second-order valence-corrected chi connectivity index (χ2v) is 8.68. The van der Waals surface area contributed by atoms with Crippen LogP contribution < -0.4 is 9.47 Å². The van der Waals surface area contributed by atoms with Gasteiger partial charge in [-0.1, -0.05) is 31.0 Å². The van der Waals surface area contributed by atoms with Crippen molar-refractivity contribution in [3.8, 4) is 11.5 Å². The molecule has 162 valence electrons. The van der Waals surface area contributed by atoms with Gasteiger partial charge in [0.25, 0.3) is 0 Å². The molecule has 1 N–H and O–H groups in total. The van der Waals surface area contributed by atoms with Gasteiger partial charge in [0, 0.05) is 18.5 Å². The number of nitrogens with zero attached hydrogens (tertiary/aromatic N) is 1. The summed E-state index contributed by atoms with van der Waals surface area (Å²) in [5.41, 5.74) is 0.952. The Morgan fingerprint density at radius 2 is 1.90 bits per heavy atom. The summed E-state index contributed by atoms with van der Waals surface area (Å²) in [7, 11) is 0. The molecule has 0 spiro atoms. The van der Waals surface area contributed by atoms with Gasteiger partial charge in [0.1, 0.15) is 5.82 Å². The lowest BCUT2D eigenvalue weighted by Crippen LogP contribution is -2.56. The standard InChI is InChI=1S/C25H26FNO4/c26-19-8-6-18(7-9-19)24-20-3-1-2-12-25(20,29)13-14-27(24)23(28)11-5-17-4-10-21-22(15-17)31-16-30-21/h4-11,15,20,24,29H,1-3,12-14,16H2/b11-5+/t20-,24-,25-/m0/s1. The first-order valence-corrected chi connectivity index (χ1v) is 10.9. The van der Waals surface area contributed by atoms with Crippen molar-refractivity contribution in [2.45, 2.75) is 43.7 Å². The zero-order valence-electron chi connectivity index (χ0n) is 17.3. The van der Waals surface area contributed by atoms with Crippen LogP contribution in [0.1, 0.15) is 49.3 Å². The Morgan fingerprint density at radius 3 is 2.74 bits per heavy atom. The molecule has 5 nitrogen and oxygen atoms in total. The van der Waals surface area contributed by atoms with Crippen LogP contribution in [-0.4, -0.2) is 34.9 Å². The number of amides is 1. The molecule has 2 aromatic carbocycles. The van der Waals surface area contributed by atoms with Crippen LogP contribution in [0.25, 0.3) is 6.08 Å². The van der Waals surface area contributed by atoms with E-state index in [2.05, 4.69) is 0 Å². The Kier molecular flexibility index (Phi) is 5.18. The normalized spacial score (nSPS) is 27.4. The molecular weight excluding hydrogens is 397 g/mol. The third kappa shape index (κ3) is 3.81. The van der Waals surface area contributed by atoms with Crippen LogP contribution in [0.3, 0.4) is 0 Å². The number of hydrogen-bond acceptors (Lipinski definition) is 4. The number of fused-ring (bicyclic) bond motifs is 2. The molecule has 3 aliphatic rings. The maximum Gasteiger partial charge on any atom is 0.247 e. The molecule has 2 aliphatic heterocycles. The van der Waals surface area contributed by atoms with E-state index in [0.717, 1.165) is 36.8 Å². The molecule has 2 fully saturated rings. The summed E-state index contributed by atoms with van der Waals surface area (Å²) < 4.78 is 24.3. The van der Waals surface area contributed by atoms with E-state index in [1.165, 1.54) is 12.1 Å². The second kappa shape index (κ2) is 8.00. The van der Waals surface area contributed by atoms with E-state index in [0.29, 0.717) is 24.5 Å². The maximum atomic E-state index is 13.6. The fourth-order valence-corrected chi connectivity index (χ4v) is 5.28. The molecule has 0 bridgehead atoms. The van der Waals surface area contributed by atoms with Gasteiger partial charge in [0.05, 0.1) is 11.6 Å². The van der Waals surface area contributed by atoms with E-state index >= 15 is 0 Å². The van der Waals surface area contributed by atoms with Gasteiger partial charge in [-0.05, 0) is 60.7 Å². The molecule has 3 atom stereocenters. The SMILES string of the molecule is O=C(/C=C/c1ccc2c(c1)OCO2)N1CC[C@@]2(O)CCCC[C@H]2[C@@H]1c1ccc(F)cc1. The predicted molar refractivity (Wildman–Crippen MR) is 114 cm³/mol. The quantitative estimate of drug-likeness (QED) is 0.741. The number of rotatable bonds is 3. The predicted octanol–water partition coefficient (Wildman–Crippen LogP) is 4.46. The van der Waals surface area contributed by atoms with Crippen molar-refractivity contribution >= 4 is 12.0 Å². The van der Waals surface area contributed by atoms with Crippen LogP contribution in [0.4, 0.5) is 4.39 Å². The van der Waals surface area contributed by atoms with E-state index in [9.17, 15) is 14.3 Å². The topological polar surface area (TPSA) is 59.0 Å². The number of carbonyl (C=O) groups excluding carboxylic acids is 1. The highest BCUT2D eigenvalue weighted by Gasteiger charge is 2.49. The molecule has 0 radical (unpaired) electrons. The summed E-state index contributed by atoms with van der Waals surface area (Å²) in [6.07, 6.45) is 7.55. The summed E-state index contributed by atoms with van der Waals surface area (Å²) >= 11 is 0. The Bertz CT molecular complexity index is 1010. The minimum Gasteiger partial charge on any atom is -0.454 e. The van der Waals surface area contributed by atoms with E-state index in [1.807, 2.05) is 23.1 Å². The van der Waals surface area contributed by atoms with Gasteiger partial charge in [-0.2, -0.15) is 0 Å². The van der Waals surface area contributed by atoms with Crippen LogP contribution >= 0.6 is 0 Å². The van der Waals surface area contributed by atoms with Crippen molar-refractivity contribution in [3.05, 3.63) is 65.5 Å². The Balaban J connectivity index is 1.43. The van der Waals surface area contributed by atoms with Crippen LogP contribution in [-0.2, 0) is 4.79 Å². The largest absolute Gasteiger partial charge is 0.454 e. The zero-order valence-corrected chi connectivity index (χ0v) is 17.3. The first-order chi connectivity index (χ1) is 15.0. The number of likely N-dealkylation sites (tertiary alicyclic amines) is 1. The van der Waals surface area contributed by atoms with E-state index < -0.39 is 5.60 Å². The average molecular weight is 423 g/mol. The fraction of sp³-hybridized carbons (Fsp3) is 0.400. The molecule has 6 heteroatoms. The molecule has 0 aromatic heterocycles. The molecule has 5 rings (SSSR count). The van der Waals surface area contributed by atoms with Gasteiger partial charge in [0.15, 0.2) is 11.5 Å². The first-order valence-electron chi connectivity index (χ1n) is 10.9. The van der Waals surface area contributed by atoms with Gasteiger partial charge >= 0.3 is 0 Å². The van der Waals surface area contributed by atoms with Crippen molar-refractivity contribution in [3.63, 3.8) is 0 Å². The Hall–Kier alpha value is -2.86. The lowest BCUT2D eigenvalue weighted by atomic mass is 9.66. The van der Waals surface area contributed by atoms with Gasteiger partial charge in [-0.15, -0.1) is 0 Å². The Morgan fingerprint density at radius 1 is 1.10 bits per heavy atom. The van der Waals surface area contributed by atoms with Crippen LogP contribution in [0.15, 0.2) is 48.5 Å². The third-order valence-electron chi connectivity index (χ3n) is 6.88. The third-order valence-corrected chi connectivity index (χ3v) is 6.88. The molecule has 1 aliphatic carbocycles. The highest BCUT2D eigenvalue weighted by molar-refractivity contribution is 5.92. The van der Waals surface area contributed by atoms with Gasteiger partial charge < -0.3 is 19.5 Å². The van der Waals surface area contributed by atoms with Gasteiger partial charge in [-0.25, -0.2) is 4.39 Å². The summed E-state index contributed by atoms with van der Waals surface area (Å²) in [6.45, 7) is 0.679. The number of aliphatic hydroxyl groups is 1. The van der Waals surface area contributed by atoms with Crippen molar-refractivity contribution < 1.29 is 23.8 Å². The number of benzene rings is 2. The molecule has 0 unspecified atom stereocenters. The van der Waals surface area contributed by atoms with Gasteiger partial charge in [0.2, 0.25) is 12.7 Å². The van der Waals surface area contributed by atoms with Crippen molar-refractivity contribution in [1.29, 1.82) is 0 Å². The monoisotopic (exact) mass is 423 g/mol. The maximum absolute atomic E-state index is 13.6. The number of carbonyl (C=O) groups is 1. The number of piperidine rings is 1. The van der Waals surface area contributed by atoms with E-state index in [4.69, 9.17) is 9.47 Å². The highest BCUT2D eigenvalue weighted by atomic mass is 19.1. The fourth-order valence-electron chi connectivity index (χ4n) is 5.28. The number of ether oxygens (including phenoxy) is 2. The van der Waals surface area contributed by atoms with E-state index in [-0.39, 0.29) is 30.5 Å². The second-order valence-electron chi connectivity index (χ2n) is 8.68. The lowest BCUT2D eigenvalue weighted by molar-refractivity contribution is -0.150. The summed E-state index contributed by atoms with van der Waals surface area (Å²) in [4.78, 5) is 15.1. The van der Waals surface area contributed by atoms with Gasteiger partial charge in [-0.3, -0.25) is 4.79 Å². The lowest BCUT2D eigenvalue weighted by Gasteiger charge is -2.52. The number of halogens is 1. The molecular formula is C25H26FNO4. The van der Waals surface area contributed by atoms with Crippen molar-refractivity contribution in [2.75, 3.05) is 13.3 Å². The zero-order chi connectivity index (χ0) is 21.4. The van der Waals surface area contributed by atoms with Crippen LogP contribution in [0.2, 0.25) is 0 Å². The molecule has 31 heavy (non-hydrogen) atoms. The number of hydrogen-bond donors (Lipinski definition) is 1. The summed E-state index contributed by atoms with van der Waals surface area (Å²) in [5.74, 6) is 0.901. The van der Waals surface area contributed by atoms with Crippen molar-refractivity contribution in [2.24, 2.45) is 5.92 Å². The first kappa shape index (κ1) is 20.1. The summed E-state index contributed by atoms with van der Waals surface area (Å²) in [6, 6.07) is 11.6. The van der Waals surface area contributed by atoms with Crippen LogP contribution in [0, 0.1) is 11.7 Å². The minimum atomic E-state index is -0.769. The van der Waals surface area contributed by atoms with Crippen molar-refractivity contribution in [1.82, 2.24) is 4.90 Å². The molecule has 2 aromatic rings.